The van der Waals surface area contributed by atoms with Crippen molar-refractivity contribution >= 4 is 12.6 Å². The maximum absolute atomic E-state index is 10.8. The third-order valence-corrected chi connectivity index (χ3v) is 2.19. The zero-order chi connectivity index (χ0) is 11.3. The van der Waals surface area contributed by atoms with Gasteiger partial charge in [-0.1, -0.05) is 6.92 Å². The number of aldehydes is 2. The third kappa shape index (κ3) is 2.65. The van der Waals surface area contributed by atoms with Gasteiger partial charge >= 0.3 is 0 Å². The molecule has 1 unspecified atom stereocenters. The third-order valence-electron chi connectivity index (χ3n) is 2.19. The molecule has 0 N–H and O–H groups in total. The van der Waals surface area contributed by atoms with Gasteiger partial charge in [-0.05, 0) is 30.7 Å². The summed E-state index contributed by atoms with van der Waals surface area (Å²) < 4.78 is 5.31. The summed E-state index contributed by atoms with van der Waals surface area (Å²) in [5, 5.41) is 0. The van der Waals surface area contributed by atoms with E-state index in [0.717, 1.165) is 12.6 Å². The lowest BCUT2D eigenvalue weighted by Gasteiger charge is -2.10. The molecule has 0 spiro atoms. The van der Waals surface area contributed by atoms with Crippen molar-refractivity contribution < 1.29 is 14.3 Å². The summed E-state index contributed by atoms with van der Waals surface area (Å²) in [7, 11) is 0. The zero-order valence-corrected chi connectivity index (χ0v) is 8.90. The molecule has 0 aromatic heterocycles. The topological polar surface area (TPSA) is 43.4 Å². The van der Waals surface area contributed by atoms with Crippen molar-refractivity contribution in [1.29, 1.82) is 0 Å². The van der Waals surface area contributed by atoms with Crippen LogP contribution in [0.15, 0.2) is 18.2 Å². The maximum atomic E-state index is 10.8. The molecule has 1 rings (SSSR count). The Morgan fingerprint density at radius 2 is 2.13 bits per heavy atom. The molecule has 0 radical (unpaired) electrons. The fraction of sp³-hybridized carbons (Fsp3) is 0.333. The number of ether oxygens (including phenoxy) is 1. The second kappa shape index (κ2) is 5.29. The van der Waals surface area contributed by atoms with Crippen LogP contribution in [-0.4, -0.2) is 19.2 Å². The van der Waals surface area contributed by atoms with Crippen molar-refractivity contribution in [3.63, 3.8) is 0 Å². The molecule has 0 bridgehead atoms. The second-order valence-corrected chi connectivity index (χ2v) is 3.27. The number of benzene rings is 1. The summed E-state index contributed by atoms with van der Waals surface area (Å²) in [5.41, 5.74) is 1.25. The van der Waals surface area contributed by atoms with Crippen molar-refractivity contribution in [2.45, 2.75) is 19.8 Å². The molecule has 0 amide bonds. The molecule has 0 fully saturated rings. The van der Waals surface area contributed by atoms with E-state index in [4.69, 9.17) is 4.74 Å². The fourth-order valence-electron chi connectivity index (χ4n) is 1.38. The summed E-state index contributed by atoms with van der Waals surface area (Å²) in [6, 6.07) is 5.15. The van der Waals surface area contributed by atoms with E-state index in [0.29, 0.717) is 23.5 Å². The summed E-state index contributed by atoms with van der Waals surface area (Å²) in [6.45, 7) is 4.21. The van der Waals surface area contributed by atoms with Crippen LogP contribution in [-0.2, 0) is 4.79 Å². The first-order valence-electron chi connectivity index (χ1n) is 4.90. The van der Waals surface area contributed by atoms with Gasteiger partial charge in [0.15, 0.2) is 0 Å². The number of carbonyl (C=O) groups is 2. The molecule has 1 aromatic rings. The van der Waals surface area contributed by atoms with Crippen LogP contribution in [0.3, 0.4) is 0 Å². The smallest absolute Gasteiger partial charge is 0.150 e. The summed E-state index contributed by atoms with van der Waals surface area (Å²) in [6.07, 6.45) is 1.57. The first kappa shape index (κ1) is 11.4. The normalized spacial score (nSPS) is 11.9. The second-order valence-electron chi connectivity index (χ2n) is 3.27. The minimum atomic E-state index is -0.286. The standard InChI is InChI=1S/C12H14O3/c1-3-15-11-5-4-10(8-14)12(6-11)9(2)7-13/h4-9H,3H2,1-2H3. The van der Waals surface area contributed by atoms with Crippen LogP contribution in [0, 0.1) is 0 Å². The van der Waals surface area contributed by atoms with E-state index in [1.165, 1.54) is 0 Å². The highest BCUT2D eigenvalue weighted by atomic mass is 16.5. The Bertz CT molecular complexity index is 358. The average molecular weight is 206 g/mol. The monoisotopic (exact) mass is 206 g/mol. The van der Waals surface area contributed by atoms with Crippen LogP contribution in [0.2, 0.25) is 0 Å². The Labute approximate surface area is 89.1 Å². The van der Waals surface area contributed by atoms with Crippen LogP contribution < -0.4 is 4.74 Å². The lowest BCUT2D eigenvalue weighted by Crippen LogP contribution is -2.01. The molecule has 0 saturated carbocycles. The van der Waals surface area contributed by atoms with Gasteiger partial charge in [0.25, 0.3) is 0 Å². The molecule has 0 aliphatic carbocycles. The maximum Gasteiger partial charge on any atom is 0.150 e. The van der Waals surface area contributed by atoms with Crippen LogP contribution in [0.25, 0.3) is 0 Å². The van der Waals surface area contributed by atoms with E-state index < -0.39 is 0 Å². The van der Waals surface area contributed by atoms with Gasteiger partial charge in [0, 0.05) is 11.5 Å². The number of hydrogen-bond acceptors (Lipinski definition) is 3. The van der Waals surface area contributed by atoms with E-state index in [9.17, 15) is 9.59 Å². The lowest BCUT2D eigenvalue weighted by atomic mass is 9.97. The van der Waals surface area contributed by atoms with E-state index in [-0.39, 0.29) is 5.92 Å². The van der Waals surface area contributed by atoms with E-state index >= 15 is 0 Å². The SMILES string of the molecule is CCOc1ccc(C=O)c(C(C)C=O)c1. The van der Waals surface area contributed by atoms with Gasteiger partial charge in [0.05, 0.1) is 6.61 Å². The van der Waals surface area contributed by atoms with Crippen LogP contribution >= 0.6 is 0 Å². The van der Waals surface area contributed by atoms with E-state index in [1.54, 1.807) is 25.1 Å². The van der Waals surface area contributed by atoms with E-state index in [1.807, 2.05) is 6.92 Å². The number of rotatable bonds is 5. The molecule has 80 valence electrons. The highest BCUT2D eigenvalue weighted by Gasteiger charge is 2.10. The van der Waals surface area contributed by atoms with Gasteiger partial charge < -0.3 is 9.53 Å². The van der Waals surface area contributed by atoms with Crippen molar-refractivity contribution in [2.24, 2.45) is 0 Å². The van der Waals surface area contributed by atoms with Crippen molar-refractivity contribution in [2.75, 3.05) is 6.61 Å². The summed E-state index contributed by atoms with van der Waals surface area (Å²) in [4.78, 5) is 21.4. The van der Waals surface area contributed by atoms with Crippen molar-refractivity contribution in [1.82, 2.24) is 0 Å². The Morgan fingerprint density at radius 1 is 1.40 bits per heavy atom. The fourth-order valence-corrected chi connectivity index (χ4v) is 1.38. The summed E-state index contributed by atoms with van der Waals surface area (Å²) in [5.74, 6) is 0.400. The van der Waals surface area contributed by atoms with Crippen molar-refractivity contribution in [3.8, 4) is 5.75 Å². The molecule has 1 atom stereocenters. The summed E-state index contributed by atoms with van der Waals surface area (Å²) >= 11 is 0. The lowest BCUT2D eigenvalue weighted by molar-refractivity contribution is -0.108. The molecular weight excluding hydrogens is 192 g/mol. The highest BCUT2D eigenvalue weighted by molar-refractivity contribution is 5.80. The van der Waals surface area contributed by atoms with E-state index in [2.05, 4.69) is 0 Å². The largest absolute Gasteiger partial charge is 0.494 e. The molecule has 0 aliphatic rings. The highest BCUT2D eigenvalue weighted by Crippen LogP contribution is 2.22. The predicted molar refractivity (Wildman–Crippen MR) is 57.5 cm³/mol. The van der Waals surface area contributed by atoms with Gasteiger partial charge in [-0.2, -0.15) is 0 Å². The average Bonchev–Trinajstić information content (AvgIpc) is 2.28. The van der Waals surface area contributed by atoms with Crippen LogP contribution in [0.1, 0.15) is 35.7 Å². The van der Waals surface area contributed by atoms with Gasteiger partial charge in [-0.3, -0.25) is 4.79 Å². The molecule has 0 aliphatic heterocycles. The molecule has 3 nitrogen and oxygen atoms in total. The number of carbonyl (C=O) groups excluding carboxylic acids is 2. The molecule has 3 heteroatoms. The van der Waals surface area contributed by atoms with Gasteiger partial charge in [0.2, 0.25) is 0 Å². The van der Waals surface area contributed by atoms with Gasteiger partial charge in [-0.25, -0.2) is 0 Å². The zero-order valence-electron chi connectivity index (χ0n) is 8.90. The minimum absolute atomic E-state index is 0.286. The molecule has 15 heavy (non-hydrogen) atoms. The quantitative estimate of drug-likeness (QED) is 0.693. The molecular formula is C12H14O3. The minimum Gasteiger partial charge on any atom is -0.494 e. The Kier molecular flexibility index (Phi) is 4.03. The number of hydrogen-bond donors (Lipinski definition) is 0. The molecule has 0 saturated heterocycles. The van der Waals surface area contributed by atoms with Crippen LogP contribution in [0.4, 0.5) is 0 Å². The van der Waals surface area contributed by atoms with Crippen LogP contribution in [0.5, 0.6) is 5.75 Å². The predicted octanol–water partition coefficient (Wildman–Crippen LogP) is 2.20. The first-order chi connectivity index (χ1) is 7.22. The van der Waals surface area contributed by atoms with Gasteiger partial charge in [0.1, 0.15) is 18.3 Å². The molecule has 0 heterocycles. The Morgan fingerprint density at radius 3 is 2.67 bits per heavy atom. The Hall–Kier alpha value is -1.64. The molecule has 1 aromatic carbocycles. The van der Waals surface area contributed by atoms with Gasteiger partial charge in [-0.15, -0.1) is 0 Å². The first-order valence-corrected chi connectivity index (χ1v) is 4.90. The van der Waals surface area contributed by atoms with Crippen molar-refractivity contribution in [3.05, 3.63) is 29.3 Å². The Balaban J connectivity index is 3.12.